The second-order valence-corrected chi connectivity index (χ2v) is 19.7. The van der Waals surface area contributed by atoms with Crippen LogP contribution in [0.3, 0.4) is 0 Å². The standard InChI is InChI=1S/C47H97N2O6P/c1-6-8-10-12-14-16-18-20-21-22-23-24-25-26-27-29-31-33-35-37-39-41-47(51)48-45(44-55-56(52,53)54-43-42-49(3,4)5)46(50)40-38-36-34-32-30-28-19-17-15-13-11-9-7-2/h45-46,50H,6-44H2,1-5H3,(H-,48,51,52,53)/p+1. The Kier molecular flexibility index (Phi) is 39.6. The zero-order chi connectivity index (χ0) is 41.4. The Morgan fingerprint density at radius 1 is 0.536 bits per heavy atom. The van der Waals surface area contributed by atoms with Gasteiger partial charge in [0.05, 0.1) is 39.9 Å². The molecule has 0 saturated heterocycles. The summed E-state index contributed by atoms with van der Waals surface area (Å²) < 4.78 is 23.7. The molecule has 3 N–H and O–H groups in total. The van der Waals surface area contributed by atoms with Crippen molar-refractivity contribution in [2.75, 3.05) is 40.9 Å². The highest BCUT2D eigenvalue weighted by Gasteiger charge is 2.28. The molecule has 8 nitrogen and oxygen atoms in total. The molecule has 0 spiro atoms. The Hall–Kier alpha value is -0.500. The molecule has 0 rings (SSSR count). The van der Waals surface area contributed by atoms with E-state index in [0.717, 1.165) is 38.5 Å². The van der Waals surface area contributed by atoms with Gasteiger partial charge in [-0.05, 0) is 12.8 Å². The molecule has 0 heterocycles. The number of nitrogens with zero attached hydrogens (tertiary/aromatic N) is 1. The second-order valence-electron chi connectivity index (χ2n) is 18.2. The van der Waals surface area contributed by atoms with Crippen molar-refractivity contribution in [1.82, 2.24) is 5.32 Å². The molecular weight excluding hydrogens is 719 g/mol. The van der Waals surface area contributed by atoms with Crippen molar-refractivity contribution in [2.45, 2.75) is 257 Å². The number of amides is 1. The molecule has 336 valence electrons. The van der Waals surface area contributed by atoms with E-state index >= 15 is 0 Å². The van der Waals surface area contributed by atoms with Crippen LogP contribution in [0.15, 0.2) is 0 Å². The Balaban J connectivity index is 4.20. The highest BCUT2D eigenvalue weighted by molar-refractivity contribution is 7.47. The van der Waals surface area contributed by atoms with E-state index in [0.29, 0.717) is 23.9 Å². The molecule has 0 saturated carbocycles. The molecule has 0 aromatic rings. The van der Waals surface area contributed by atoms with Crippen molar-refractivity contribution in [2.24, 2.45) is 0 Å². The molecule has 0 aromatic heterocycles. The van der Waals surface area contributed by atoms with Gasteiger partial charge in [-0.15, -0.1) is 0 Å². The summed E-state index contributed by atoms with van der Waals surface area (Å²) in [6.07, 6.45) is 44.2. The maximum atomic E-state index is 12.9. The van der Waals surface area contributed by atoms with E-state index in [-0.39, 0.29) is 19.1 Å². The number of carbonyl (C=O) groups is 1. The minimum absolute atomic E-state index is 0.0787. The van der Waals surface area contributed by atoms with Crippen molar-refractivity contribution >= 4 is 13.7 Å². The molecule has 56 heavy (non-hydrogen) atoms. The van der Waals surface area contributed by atoms with E-state index in [1.165, 1.54) is 180 Å². The largest absolute Gasteiger partial charge is 0.472 e. The number of unbranched alkanes of at least 4 members (excludes halogenated alkanes) is 32. The fourth-order valence-corrected chi connectivity index (χ4v) is 8.20. The Morgan fingerprint density at radius 3 is 1.20 bits per heavy atom. The van der Waals surface area contributed by atoms with Crippen LogP contribution in [0, 0.1) is 0 Å². The first-order valence-corrected chi connectivity index (χ1v) is 25.9. The first-order valence-electron chi connectivity index (χ1n) is 24.4. The van der Waals surface area contributed by atoms with Crippen LogP contribution in [-0.2, 0) is 18.4 Å². The predicted molar refractivity (Wildman–Crippen MR) is 240 cm³/mol. The van der Waals surface area contributed by atoms with Gasteiger partial charge in [-0.1, -0.05) is 226 Å². The summed E-state index contributed by atoms with van der Waals surface area (Å²) in [5, 5.41) is 14.0. The summed E-state index contributed by atoms with van der Waals surface area (Å²) in [5.74, 6) is -0.139. The van der Waals surface area contributed by atoms with Crippen molar-refractivity contribution in [3.63, 3.8) is 0 Å². The number of aliphatic hydroxyl groups is 1. The zero-order valence-electron chi connectivity index (χ0n) is 38.2. The van der Waals surface area contributed by atoms with E-state index in [4.69, 9.17) is 9.05 Å². The van der Waals surface area contributed by atoms with E-state index in [1.54, 1.807) is 0 Å². The fourth-order valence-electron chi connectivity index (χ4n) is 7.46. The third-order valence-electron chi connectivity index (χ3n) is 11.4. The van der Waals surface area contributed by atoms with Crippen LogP contribution < -0.4 is 5.32 Å². The summed E-state index contributed by atoms with van der Waals surface area (Å²) in [7, 11) is 1.63. The number of nitrogens with one attached hydrogen (secondary N) is 1. The maximum Gasteiger partial charge on any atom is 0.472 e. The van der Waals surface area contributed by atoms with Crippen LogP contribution in [0.4, 0.5) is 0 Å². The summed E-state index contributed by atoms with van der Waals surface area (Å²) in [6, 6.07) is -0.753. The first-order chi connectivity index (χ1) is 27.0. The summed E-state index contributed by atoms with van der Waals surface area (Å²) in [5.41, 5.74) is 0. The van der Waals surface area contributed by atoms with Gasteiger partial charge in [0.25, 0.3) is 0 Å². The van der Waals surface area contributed by atoms with Gasteiger partial charge in [0.2, 0.25) is 5.91 Å². The Labute approximate surface area is 349 Å². The molecule has 0 fully saturated rings. The molecule has 9 heteroatoms. The van der Waals surface area contributed by atoms with Crippen LogP contribution in [0.25, 0.3) is 0 Å². The minimum Gasteiger partial charge on any atom is -0.391 e. The van der Waals surface area contributed by atoms with Crippen molar-refractivity contribution in [1.29, 1.82) is 0 Å². The van der Waals surface area contributed by atoms with E-state index in [1.807, 2.05) is 21.1 Å². The molecule has 0 aromatic carbocycles. The Morgan fingerprint density at radius 2 is 0.857 bits per heavy atom. The Bertz CT molecular complexity index is 885. The molecule has 0 aliphatic carbocycles. The lowest BCUT2D eigenvalue weighted by Crippen LogP contribution is -2.46. The molecular formula is C47H98N2O6P+. The smallest absolute Gasteiger partial charge is 0.391 e. The van der Waals surface area contributed by atoms with Crippen molar-refractivity contribution < 1.29 is 32.9 Å². The number of likely N-dealkylation sites (N-methyl/N-ethyl adjacent to an activating group) is 1. The quantitative estimate of drug-likeness (QED) is 0.0321. The third-order valence-corrected chi connectivity index (χ3v) is 12.3. The van der Waals surface area contributed by atoms with Gasteiger partial charge in [-0.2, -0.15) is 0 Å². The number of hydrogen-bond acceptors (Lipinski definition) is 5. The summed E-state index contributed by atoms with van der Waals surface area (Å²) in [6.45, 7) is 4.92. The van der Waals surface area contributed by atoms with E-state index in [9.17, 15) is 19.4 Å². The average Bonchev–Trinajstić information content (AvgIpc) is 3.15. The van der Waals surface area contributed by atoms with Gasteiger partial charge in [0.1, 0.15) is 13.2 Å². The first kappa shape index (κ1) is 55.5. The highest BCUT2D eigenvalue weighted by atomic mass is 31.2. The van der Waals surface area contributed by atoms with Crippen LogP contribution in [0.5, 0.6) is 0 Å². The van der Waals surface area contributed by atoms with Crippen LogP contribution in [0.1, 0.15) is 245 Å². The van der Waals surface area contributed by atoms with Crippen LogP contribution in [0.2, 0.25) is 0 Å². The lowest BCUT2D eigenvalue weighted by Gasteiger charge is -2.26. The molecule has 0 aliphatic heterocycles. The van der Waals surface area contributed by atoms with E-state index < -0.39 is 20.0 Å². The minimum atomic E-state index is -4.31. The van der Waals surface area contributed by atoms with Crippen molar-refractivity contribution in [3.05, 3.63) is 0 Å². The molecule has 1 amide bonds. The number of hydrogen-bond donors (Lipinski definition) is 3. The average molecular weight is 818 g/mol. The predicted octanol–water partition coefficient (Wildman–Crippen LogP) is 13.8. The fraction of sp³-hybridized carbons (Fsp3) is 0.979. The topological polar surface area (TPSA) is 105 Å². The molecule has 0 radical (unpaired) electrons. The van der Waals surface area contributed by atoms with Gasteiger partial charge in [0.15, 0.2) is 0 Å². The number of phosphoric acid groups is 1. The van der Waals surface area contributed by atoms with Crippen LogP contribution >= 0.6 is 7.82 Å². The third kappa shape index (κ3) is 41.7. The maximum absolute atomic E-state index is 12.9. The number of quaternary nitrogens is 1. The number of phosphoric ester groups is 1. The zero-order valence-corrected chi connectivity index (χ0v) is 39.0. The lowest BCUT2D eigenvalue weighted by atomic mass is 10.0. The van der Waals surface area contributed by atoms with Gasteiger partial charge in [0, 0.05) is 6.42 Å². The van der Waals surface area contributed by atoms with Gasteiger partial charge < -0.3 is 19.8 Å². The monoisotopic (exact) mass is 818 g/mol. The normalized spacial score (nSPS) is 14.2. The number of rotatable bonds is 45. The van der Waals surface area contributed by atoms with Crippen molar-refractivity contribution in [3.8, 4) is 0 Å². The van der Waals surface area contributed by atoms with Crippen LogP contribution in [-0.4, -0.2) is 73.4 Å². The van der Waals surface area contributed by atoms with E-state index in [2.05, 4.69) is 19.2 Å². The molecule has 0 aliphatic rings. The molecule has 0 bridgehead atoms. The summed E-state index contributed by atoms with van der Waals surface area (Å²) >= 11 is 0. The molecule has 3 atom stereocenters. The SMILES string of the molecule is CCCCCCCCCCCCCCCCCCCCCCCC(=O)NC(COP(=O)(O)OCC[N+](C)(C)C)C(O)CCCCCCCCCCCCCCC. The number of aliphatic hydroxyl groups excluding tert-OH is 1. The summed E-state index contributed by atoms with van der Waals surface area (Å²) in [4.78, 5) is 23.2. The lowest BCUT2D eigenvalue weighted by molar-refractivity contribution is -0.870. The van der Waals surface area contributed by atoms with Gasteiger partial charge >= 0.3 is 7.82 Å². The molecule has 3 unspecified atom stereocenters. The van der Waals surface area contributed by atoms with Gasteiger partial charge in [-0.3, -0.25) is 13.8 Å². The van der Waals surface area contributed by atoms with Gasteiger partial charge in [-0.25, -0.2) is 4.57 Å². The second kappa shape index (κ2) is 39.9. The number of carbonyl (C=O) groups excluding carboxylic acids is 1. The highest BCUT2D eigenvalue weighted by Crippen LogP contribution is 2.43.